The van der Waals surface area contributed by atoms with Gasteiger partial charge in [-0.05, 0) is 24.0 Å². The molecule has 0 N–H and O–H groups in total. The van der Waals surface area contributed by atoms with Gasteiger partial charge >= 0.3 is 0 Å². The Balaban J connectivity index is 1.63. The Kier molecular flexibility index (Phi) is 5.44. The van der Waals surface area contributed by atoms with Crippen molar-refractivity contribution in [2.45, 2.75) is 33.2 Å². The molecule has 0 fully saturated rings. The van der Waals surface area contributed by atoms with Crippen LogP contribution in [0.15, 0.2) is 22.7 Å². The third kappa shape index (κ3) is 3.98. The summed E-state index contributed by atoms with van der Waals surface area (Å²) in [5.41, 5.74) is 0.987. The Morgan fingerprint density at radius 3 is 2.96 bits per heavy atom. The van der Waals surface area contributed by atoms with E-state index in [1.165, 1.54) is 0 Å². The van der Waals surface area contributed by atoms with Gasteiger partial charge in [0, 0.05) is 13.5 Å². The number of fused-ring (bicyclic) bond motifs is 1. The number of carbonyl (C=O) groups is 1. The summed E-state index contributed by atoms with van der Waals surface area (Å²) in [5, 5.41) is 3.97. The fourth-order valence-corrected chi connectivity index (χ4v) is 3.10. The summed E-state index contributed by atoms with van der Waals surface area (Å²) in [6, 6.07) is 5.74. The standard InChI is InChI=1S/C19H25N3O4/c1-12(2)8-17-20-16(21-26-17)10-22(3)19(23)14-9-13-6-5-7-15(24-4)18(13)25-11-14/h5-7,12,14H,8-11H2,1-4H3. The first-order valence-corrected chi connectivity index (χ1v) is 8.83. The van der Waals surface area contributed by atoms with Crippen LogP contribution >= 0.6 is 0 Å². The van der Waals surface area contributed by atoms with Crippen LogP contribution in [0.4, 0.5) is 0 Å². The van der Waals surface area contributed by atoms with Gasteiger partial charge in [-0.3, -0.25) is 4.79 Å². The molecule has 3 rings (SSSR count). The predicted molar refractivity (Wildman–Crippen MR) is 95.0 cm³/mol. The van der Waals surface area contributed by atoms with Crippen LogP contribution in [0.1, 0.15) is 31.1 Å². The maximum atomic E-state index is 12.8. The van der Waals surface area contributed by atoms with E-state index in [-0.39, 0.29) is 11.8 Å². The van der Waals surface area contributed by atoms with Crippen LogP contribution in [0.25, 0.3) is 0 Å². The zero-order chi connectivity index (χ0) is 18.7. The smallest absolute Gasteiger partial charge is 0.229 e. The maximum Gasteiger partial charge on any atom is 0.229 e. The number of methoxy groups -OCH3 is 1. The molecule has 0 radical (unpaired) electrons. The van der Waals surface area contributed by atoms with Gasteiger partial charge in [-0.1, -0.05) is 31.1 Å². The third-order valence-electron chi connectivity index (χ3n) is 4.37. The molecule has 7 heteroatoms. The normalized spacial score (nSPS) is 16.1. The molecule has 0 spiro atoms. The van der Waals surface area contributed by atoms with Crippen LogP contribution in [-0.4, -0.2) is 41.7 Å². The van der Waals surface area contributed by atoms with Crippen molar-refractivity contribution in [3.8, 4) is 11.5 Å². The average Bonchev–Trinajstić information content (AvgIpc) is 3.05. The Morgan fingerprint density at radius 2 is 2.23 bits per heavy atom. The van der Waals surface area contributed by atoms with Crippen LogP contribution in [-0.2, 0) is 24.2 Å². The molecule has 1 aromatic heterocycles. The van der Waals surface area contributed by atoms with E-state index in [9.17, 15) is 4.79 Å². The highest BCUT2D eigenvalue weighted by atomic mass is 16.5. The fraction of sp³-hybridized carbons (Fsp3) is 0.526. The molecule has 0 saturated carbocycles. The van der Waals surface area contributed by atoms with Crippen molar-refractivity contribution in [2.75, 3.05) is 20.8 Å². The second-order valence-corrected chi connectivity index (χ2v) is 7.06. The highest BCUT2D eigenvalue weighted by Gasteiger charge is 2.30. The van der Waals surface area contributed by atoms with Gasteiger partial charge in [0.05, 0.1) is 19.6 Å². The minimum Gasteiger partial charge on any atom is -0.493 e. The van der Waals surface area contributed by atoms with E-state index in [1.807, 2.05) is 18.2 Å². The van der Waals surface area contributed by atoms with Crippen LogP contribution in [0, 0.1) is 11.8 Å². The van der Waals surface area contributed by atoms with E-state index in [1.54, 1.807) is 19.1 Å². The Labute approximate surface area is 153 Å². The molecule has 1 atom stereocenters. The summed E-state index contributed by atoms with van der Waals surface area (Å²) in [7, 11) is 3.37. The number of hydrogen-bond acceptors (Lipinski definition) is 6. The quantitative estimate of drug-likeness (QED) is 0.788. The van der Waals surface area contributed by atoms with Gasteiger partial charge in [0.1, 0.15) is 6.61 Å². The second kappa shape index (κ2) is 7.76. The van der Waals surface area contributed by atoms with Crippen molar-refractivity contribution in [3.05, 3.63) is 35.5 Å². The SMILES string of the molecule is COc1cccc2c1OCC(C(=O)N(C)Cc1noc(CC(C)C)n1)C2. The van der Waals surface area contributed by atoms with Gasteiger partial charge in [-0.15, -0.1) is 0 Å². The molecule has 1 aromatic carbocycles. The molecule has 7 nitrogen and oxygen atoms in total. The summed E-state index contributed by atoms with van der Waals surface area (Å²) in [6.07, 6.45) is 1.36. The van der Waals surface area contributed by atoms with E-state index >= 15 is 0 Å². The number of hydrogen-bond donors (Lipinski definition) is 0. The molecule has 1 aliphatic rings. The number of amides is 1. The molecule has 1 amide bonds. The second-order valence-electron chi connectivity index (χ2n) is 7.06. The lowest BCUT2D eigenvalue weighted by Gasteiger charge is -2.28. The van der Waals surface area contributed by atoms with Crippen LogP contribution < -0.4 is 9.47 Å². The van der Waals surface area contributed by atoms with Crippen molar-refractivity contribution >= 4 is 5.91 Å². The van der Waals surface area contributed by atoms with E-state index < -0.39 is 0 Å². The van der Waals surface area contributed by atoms with Crippen molar-refractivity contribution in [1.29, 1.82) is 0 Å². The third-order valence-corrected chi connectivity index (χ3v) is 4.37. The number of carbonyl (C=O) groups excluding carboxylic acids is 1. The van der Waals surface area contributed by atoms with E-state index in [2.05, 4.69) is 24.0 Å². The first kappa shape index (κ1) is 18.2. The number of aromatic nitrogens is 2. The highest BCUT2D eigenvalue weighted by molar-refractivity contribution is 5.79. The van der Waals surface area contributed by atoms with Crippen LogP contribution in [0.3, 0.4) is 0 Å². The van der Waals surface area contributed by atoms with Gasteiger partial charge in [-0.25, -0.2) is 0 Å². The predicted octanol–water partition coefficient (Wildman–Crippen LogP) is 2.49. The molecule has 1 unspecified atom stereocenters. The summed E-state index contributed by atoms with van der Waals surface area (Å²) < 4.78 is 16.4. The van der Waals surface area contributed by atoms with Gasteiger partial charge < -0.3 is 18.9 Å². The maximum absolute atomic E-state index is 12.8. The Hall–Kier alpha value is -2.57. The zero-order valence-corrected chi connectivity index (χ0v) is 15.7. The molecular formula is C19H25N3O4. The Morgan fingerprint density at radius 1 is 1.42 bits per heavy atom. The van der Waals surface area contributed by atoms with E-state index in [0.717, 1.165) is 17.7 Å². The minimum atomic E-state index is -0.235. The lowest BCUT2D eigenvalue weighted by atomic mass is 9.95. The van der Waals surface area contributed by atoms with Crippen molar-refractivity contribution in [2.24, 2.45) is 11.8 Å². The lowest BCUT2D eigenvalue weighted by Crippen LogP contribution is -2.38. The van der Waals surface area contributed by atoms with Crippen LogP contribution in [0.5, 0.6) is 11.5 Å². The van der Waals surface area contributed by atoms with E-state index in [0.29, 0.717) is 43.0 Å². The van der Waals surface area contributed by atoms with Gasteiger partial charge in [-0.2, -0.15) is 4.98 Å². The largest absolute Gasteiger partial charge is 0.493 e. The first-order valence-electron chi connectivity index (χ1n) is 8.83. The monoisotopic (exact) mass is 359 g/mol. The number of benzene rings is 1. The Bertz CT molecular complexity index is 772. The molecule has 140 valence electrons. The van der Waals surface area contributed by atoms with Gasteiger partial charge in [0.2, 0.25) is 11.8 Å². The molecule has 26 heavy (non-hydrogen) atoms. The zero-order valence-electron chi connectivity index (χ0n) is 15.7. The number of para-hydroxylation sites is 1. The highest BCUT2D eigenvalue weighted by Crippen LogP contribution is 2.36. The molecule has 0 bridgehead atoms. The van der Waals surface area contributed by atoms with Crippen molar-refractivity contribution in [3.63, 3.8) is 0 Å². The van der Waals surface area contributed by atoms with Crippen molar-refractivity contribution < 1.29 is 18.8 Å². The molecule has 2 aromatic rings. The molecule has 0 aliphatic carbocycles. The summed E-state index contributed by atoms with van der Waals surface area (Å²) in [5.74, 6) is 2.78. The summed E-state index contributed by atoms with van der Waals surface area (Å²) >= 11 is 0. The van der Waals surface area contributed by atoms with Gasteiger partial charge in [0.15, 0.2) is 17.3 Å². The number of ether oxygens (including phenoxy) is 2. The fourth-order valence-electron chi connectivity index (χ4n) is 3.10. The molecule has 2 heterocycles. The molecule has 0 saturated heterocycles. The number of rotatable bonds is 6. The summed E-state index contributed by atoms with van der Waals surface area (Å²) in [4.78, 5) is 18.8. The lowest BCUT2D eigenvalue weighted by molar-refractivity contribution is -0.136. The van der Waals surface area contributed by atoms with Gasteiger partial charge in [0.25, 0.3) is 0 Å². The van der Waals surface area contributed by atoms with Crippen LogP contribution in [0.2, 0.25) is 0 Å². The van der Waals surface area contributed by atoms with E-state index in [4.69, 9.17) is 14.0 Å². The summed E-state index contributed by atoms with van der Waals surface area (Å²) in [6.45, 7) is 4.84. The average molecular weight is 359 g/mol. The minimum absolute atomic E-state index is 0.00804. The molecule has 1 aliphatic heterocycles. The molecular weight excluding hydrogens is 334 g/mol. The van der Waals surface area contributed by atoms with Crippen molar-refractivity contribution in [1.82, 2.24) is 15.0 Å². The topological polar surface area (TPSA) is 77.7 Å². The first-order chi connectivity index (χ1) is 12.5. The number of nitrogens with zero attached hydrogens (tertiary/aromatic N) is 3.